The molecule has 2 aromatic rings. The summed E-state index contributed by atoms with van der Waals surface area (Å²) >= 11 is 3.38. The first kappa shape index (κ1) is 21.7. The van der Waals surface area contributed by atoms with Crippen LogP contribution in [0.3, 0.4) is 0 Å². The van der Waals surface area contributed by atoms with Gasteiger partial charge in [-0.1, -0.05) is 15.9 Å². The molecule has 8 heteroatoms. The van der Waals surface area contributed by atoms with Crippen molar-refractivity contribution < 1.29 is 9.53 Å². The maximum absolute atomic E-state index is 12.2. The predicted molar refractivity (Wildman–Crippen MR) is 106 cm³/mol. The van der Waals surface area contributed by atoms with Crippen molar-refractivity contribution >= 4 is 46.7 Å². The number of piperidine rings is 1. The number of nitrogens with zero attached hydrogens (tertiary/aromatic N) is 1. The van der Waals surface area contributed by atoms with E-state index in [1.165, 1.54) is 0 Å². The average Bonchev–Trinajstić information content (AvgIpc) is 2.58. The van der Waals surface area contributed by atoms with E-state index in [2.05, 4.69) is 31.5 Å². The number of rotatable bonds is 4. The molecule has 1 aliphatic rings. The van der Waals surface area contributed by atoms with Crippen molar-refractivity contribution in [2.45, 2.75) is 18.9 Å². The van der Waals surface area contributed by atoms with Crippen molar-refractivity contribution in [1.82, 2.24) is 15.6 Å². The lowest BCUT2D eigenvalue weighted by atomic mass is 10.1. The zero-order chi connectivity index (χ0) is 16.1. The fourth-order valence-corrected chi connectivity index (χ4v) is 2.71. The Hall–Kier alpha value is -1.34. The Balaban J connectivity index is 0.00000156. The minimum absolute atomic E-state index is 0. The van der Waals surface area contributed by atoms with Crippen LogP contribution in [0.15, 0.2) is 47.1 Å². The first-order valence-corrected chi connectivity index (χ1v) is 8.41. The van der Waals surface area contributed by atoms with Crippen LogP contribution in [0.4, 0.5) is 0 Å². The Morgan fingerprint density at radius 2 is 1.96 bits per heavy atom. The number of ether oxygens (including phenoxy) is 1. The molecule has 1 aliphatic heterocycles. The van der Waals surface area contributed by atoms with Gasteiger partial charge in [-0.2, -0.15) is 0 Å². The fourth-order valence-electron chi connectivity index (χ4n) is 2.44. The third kappa shape index (κ3) is 6.47. The molecule has 1 atom stereocenters. The van der Waals surface area contributed by atoms with Gasteiger partial charge in [0.1, 0.15) is 5.75 Å². The van der Waals surface area contributed by atoms with Crippen LogP contribution in [0.1, 0.15) is 23.2 Å². The molecule has 1 unspecified atom stereocenters. The van der Waals surface area contributed by atoms with E-state index < -0.39 is 0 Å². The number of hydrogen-bond acceptors (Lipinski definition) is 4. The van der Waals surface area contributed by atoms with Crippen LogP contribution >= 0.6 is 40.7 Å². The van der Waals surface area contributed by atoms with Crippen LogP contribution in [0.5, 0.6) is 11.6 Å². The second kappa shape index (κ2) is 10.6. The molecule has 0 aliphatic carbocycles. The third-order valence-corrected chi connectivity index (χ3v) is 4.20. The smallest absolute Gasteiger partial charge is 0.253 e. The molecule has 136 valence electrons. The predicted octanol–water partition coefficient (Wildman–Crippen LogP) is 3.96. The molecule has 1 fully saturated rings. The molecule has 2 N–H and O–H groups in total. The van der Waals surface area contributed by atoms with Crippen LogP contribution < -0.4 is 15.4 Å². The number of aromatic nitrogens is 1. The molecule has 2 heterocycles. The number of benzene rings is 1. The number of pyridine rings is 1. The van der Waals surface area contributed by atoms with Gasteiger partial charge in [-0.05, 0) is 49.7 Å². The minimum Gasteiger partial charge on any atom is -0.439 e. The van der Waals surface area contributed by atoms with Crippen LogP contribution in [0.25, 0.3) is 0 Å². The first-order chi connectivity index (χ1) is 11.2. The van der Waals surface area contributed by atoms with Gasteiger partial charge in [0.05, 0.1) is 5.56 Å². The van der Waals surface area contributed by atoms with E-state index >= 15 is 0 Å². The Morgan fingerprint density at radius 1 is 1.20 bits per heavy atom. The zero-order valence-corrected chi connectivity index (χ0v) is 16.6. The molecule has 25 heavy (non-hydrogen) atoms. The van der Waals surface area contributed by atoms with Gasteiger partial charge in [-0.15, -0.1) is 24.8 Å². The summed E-state index contributed by atoms with van der Waals surface area (Å²) in [5.41, 5.74) is 0.540. The van der Waals surface area contributed by atoms with Gasteiger partial charge in [0.2, 0.25) is 5.88 Å². The highest BCUT2D eigenvalue weighted by atomic mass is 79.9. The number of amides is 1. The quantitative estimate of drug-likeness (QED) is 0.742. The number of nitrogens with one attached hydrogen (secondary N) is 2. The van der Waals surface area contributed by atoms with Crippen molar-refractivity contribution in [3.8, 4) is 11.6 Å². The van der Waals surface area contributed by atoms with Crippen LogP contribution in [-0.4, -0.2) is 30.0 Å². The van der Waals surface area contributed by atoms with Crippen molar-refractivity contribution in [1.29, 1.82) is 0 Å². The SMILES string of the molecule is Cl.Cl.O=C(NC1CCCNC1)c1ccc(Oc2ccc(Br)cc2)nc1. The van der Waals surface area contributed by atoms with Gasteiger partial charge in [-0.25, -0.2) is 4.98 Å². The summed E-state index contributed by atoms with van der Waals surface area (Å²) in [5, 5.41) is 6.30. The minimum atomic E-state index is -0.0959. The van der Waals surface area contributed by atoms with E-state index in [1.807, 2.05) is 24.3 Å². The molecule has 3 rings (SSSR count). The van der Waals surface area contributed by atoms with Crippen LogP contribution in [-0.2, 0) is 0 Å². The van der Waals surface area contributed by atoms with E-state index in [9.17, 15) is 4.79 Å². The molecule has 0 spiro atoms. The van der Waals surface area contributed by atoms with Crippen LogP contribution in [0, 0.1) is 0 Å². The lowest BCUT2D eigenvalue weighted by Crippen LogP contribution is -2.45. The van der Waals surface area contributed by atoms with Gasteiger partial charge in [0.15, 0.2) is 0 Å². The average molecular weight is 449 g/mol. The molecular weight excluding hydrogens is 429 g/mol. The van der Waals surface area contributed by atoms with Crippen molar-refractivity contribution in [3.63, 3.8) is 0 Å². The van der Waals surface area contributed by atoms with Gasteiger partial charge in [0, 0.05) is 29.3 Å². The normalized spacial score (nSPS) is 16.1. The van der Waals surface area contributed by atoms with Gasteiger partial charge in [-0.3, -0.25) is 4.79 Å². The lowest BCUT2D eigenvalue weighted by molar-refractivity contribution is 0.0930. The first-order valence-electron chi connectivity index (χ1n) is 7.62. The van der Waals surface area contributed by atoms with E-state index in [4.69, 9.17) is 4.74 Å². The molecule has 0 saturated carbocycles. The Kier molecular flexibility index (Phi) is 9.21. The molecule has 1 saturated heterocycles. The van der Waals surface area contributed by atoms with Crippen molar-refractivity contribution in [2.24, 2.45) is 0 Å². The highest BCUT2D eigenvalue weighted by Gasteiger charge is 2.16. The summed E-state index contributed by atoms with van der Waals surface area (Å²) in [4.78, 5) is 16.4. The van der Waals surface area contributed by atoms with Gasteiger partial charge >= 0.3 is 0 Å². The topological polar surface area (TPSA) is 63.2 Å². The lowest BCUT2D eigenvalue weighted by Gasteiger charge is -2.23. The molecule has 0 bridgehead atoms. The number of halogens is 3. The molecule has 1 aromatic carbocycles. The summed E-state index contributed by atoms with van der Waals surface area (Å²) in [7, 11) is 0. The highest BCUT2D eigenvalue weighted by molar-refractivity contribution is 9.10. The van der Waals surface area contributed by atoms with E-state index in [0.29, 0.717) is 17.2 Å². The molecule has 5 nitrogen and oxygen atoms in total. The number of carbonyl (C=O) groups is 1. The van der Waals surface area contributed by atoms with E-state index in [0.717, 1.165) is 30.4 Å². The van der Waals surface area contributed by atoms with Gasteiger partial charge < -0.3 is 15.4 Å². The maximum Gasteiger partial charge on any atom is 0.253 e. The second-order valence-corrected chi connectivity index (χ2v) is 6.37. The number of carbonyl (C=O) groups excluding carboxylic acids is 1. The summed E-state index contributed by atoms with van der Waals surface area (Å²) in [6.07, 6.45) is 3.64. The second-order valence-electron chi connectivity index (χ2n) is 5.46. The third-order valence-electron chi connectivity index (χ3n) is 3.67. The molecule has 1 amide bonds. The summed E-state index contributed by atoms with van der Waals surface area (Å²) in [6.45, 7) is 1.85. The van der Waals surface area contributed by atoms with E-state index in [-0.39, 0.29) is 36.8 Å². The zero-order valence-electron chi connectivity index (χ0n) is 13.4. The molecule has 0 radical (unpaired) electrons. The van der Waals surface area contributed by atoms with Gasteiger partial charge in [0.25, 0.3) is 5.91 Å². The summed E-state index contributed by atoms with van der Waals surface area (Å²) < 4.78 is 6.63. The highest BCUT2D eigenvalue weighted by Crippen LogP contribution is 2.21. The molecule has 1 aromatic heterocycles. The van der Waals surface area contributed by atoms with E-state index in [1.54, 1.807) is 18.3 Å². The standard InChI is InChI=1S/C17H18BrN3O2.2ClH/c18-13-4-6-15(7-5-13)23-16-8-3-12(10-20-16)17(22)21-14-2-1-9-19-11-14;;/h3-8,10,14,19H,1-2,9,11H2,(H,21,22);2*1H. The summed E-state index contributed by atoms with van der Waals surface area (Å²) in [6, 6.07) is 11.1. The largest absolute Gasteiger partial charge is 0.439 e. The Labute approximate surface area is 167 Å². The summed E-state index contributed by atoms with van der Waals surface area (Å²) in [5.74, 6) is 1.07. The monoisotopic (exact) mass is 447 g/mol. The molecular formula is C17H20BrCl2N3O2. The fraction of sp³-hybridized carbons (Fsp3) is 0.294. The van der Waals surface area contributed by atoms with Crippen LogP contribution in [0.2, 0.25) is 0 Å². The Bertz CT molecular complexity index is 663. The van der Waals surface area contributed by atoms with Crippen molar-refractivity contribution in [2.75, 3.05) is 13.1 Å². The van der Waals surface area contributed by atoms with Crippen molar-refractivity contribution in [3.05, 3.63) is 52.6 Å². The number of hydrogen-bond donors (Lipinski definition) is 2. The maximum atomic E-state index is 12.2. The Morgan fingerprint density at radius 3 is 2.56 bits per heavy atom.